The summed E-state index contributed by atoms with van der Waals surface area (Å²) in [5, 5.41) is 11.3. The quantitative estimate of drug-likeness (QED) is 0.424. The molecule has 29 heavy (non-hydrogen) atoms. The fraction of sp³-hybridized carbons (Fsp3) is 0.0455. The van der Waals surface area contributed by atoms with E-state index < -0.39 is 0 Å². The molecule has 0 saturated carbocycles. The third kappa shape index (κ3) is 5.03. The largest absolute Gasteiger partial charge is 0.457 e. The minimum atomic E-state index is -0.145. The van der Waals surface area contributed by atoms with Gasteiger partial charge in [-0.05, 0) is 36.4 Å². The van der Waals surface area contributed by atoms with Gasteiger partial charge in [-0.25, -0.2) is 0 Å². The van der Waals surface area contributed by atoms with Gasteiger partial charge in [0.2, 0.25) is 5.91 Å². The van der Waals surface area contributed by atoms with E-state index >= 15 is 0 Å². The summed E-state index contributed by atoms with van der Waals surface area (Å²) >= 11 is 1.18. The number of ether oxygens (including phenoxy) is 1. The highest BCUT2D eigenvalue weighted by molar-refractivity contribution is 7.99. The number of nitrogens with one attached hydrogen (secondary N) is 1. The summed E-state index contributed by atoms with van der Waals surface area (Å²) in [6, 6.07) is 26.2. The van der Waals surface area contributed by atoms with Crippen molar-refractivity contribution in [2.24, 2.45) is 0 Å². The van der Waals surface area contributed by atoms with Gasteiger partial charge in [-0.3, -0.25) is 4.79 Å². The molecule has 0 unspecified atom stereocenters. The minimum Gasteiger partial charge on any atom is -0.457 e. The van der Waals surface area contributed by atoms with Crippen LogP contribution in [0.5, 0.6) is 11.5 Å². The molecule has 4 rings (SSSR count). The Kier molecular flexibility index (Phi) is 5.87. The van der Waals surface area contributed by atoms with Crippen LogP contribution in [0.15, 0.2) is 94.6 Å². The number of nitrogens with zero attached hydrogens (tertiary/aromatic N) is 2. The van der Waals surface area contributed by atoms with Crippen LogP contribution in [0.3, 0.4) is 0 Å². The topological polar surface area (TPSA) is 77.2 Å². The SMILES string of the molecule is O=C(CSc1nnc(-c2ccccc2Oc2ccccc2)o1)Nc1ccccc1. The standard InChI is InChI=1S/C22H17N3O3S/c26-20(23-16-9-3-1-4-10-16)15-29-22-25-24-21(28-22)18-13-7-8-14-19(18)27-17-11-5-2-6-12-17/h1-14H,15H2,(H,23,26). The highest BCUT2D eigenvalue weighted by Crippen LogP contribution is 2.33. The van der Waals surface area contributed by atoms with Gasteiger partial charge in [0.25, 0.3) is 11.1 Å². The molecule has 7 heteroatoms. The van der Waals surface area contributed by atoms with Crippen LogP contribution in [0.4, 0.5) is 5.69 Å². The van der Waals surface area contributed by atoms with Crippen LogP contribution in [0, 0.1) is 0 Å². The van der Waals surface area contributed by atoms with Crippen molar-refractivity contribution in [1.29, 1.82) is 0 Å². The summed E-state index contributed by atoms with van der Waals surface area (Å²) in [7, 11) is 0. The highest BCUT2D eigenvalue weighted by atomic mass is 32.2. The van der Waals surface area contributed by atoms with Crippen LogP contribution in [0.1, 0.15) is 0 Å². The number of carbonyl (C=O) groups excluding carboxylic acids is 1. The molecule has 0 fully saturated rings. The number of carbonyl (C=O) groups is 1. The Morgan fingerprint density at radius 1 is 0.897 bits per heavy atom. The Bertz CT molecular complexity index is 1080. The molecule has 0 aliphatic heterocycles. The van der Waals surface area contributed by atoms with Gasteiger partial charge in [-0.2, -0.15) is 0 Å². The lowest BCUT2D eigenvalue weighted by molar-refractivity contribution is -0.113. The van der Waals surface area contributed by atoms with Crippen molar-refractivity contribution in [3.8, 4) is 23.0 Å². The van der Waals surface area contributed by atoms with Crippen molar-refractivity contribution >= 4 is 23.4 Å². The molecule has 4 aromatic rings. The van der Waals surface area contributed by atoms with Gasteiger partial charge in [-0.15, -0.1) is 10.2 Å². The van der Waals surface area contributed by atoms with Crippen molar-refractivity contribution in [3.63, 3.8) is 0 Å². The van der Waals surface area contributed by atoms with E-state index in [0.29, 0.717) is 28.2 Å². The van der Waals surface area contributed by atoms with Gasteiger partial charge in [-0.1, -0.05) is 60.3 Å². The number of hydrogen-bond donors (Lipinski definition) is 1. The van der Waals surface area contributed by atoms with Gasteiger partial charge in [0, 0.05) is 5.69 Å². The van der Waals surface area contributed by atoms with E-state index in [1.165, 1.54) is 11.8 Å². The van der Waals surface area contributed by atoms with Crippen molar-refractivity contribution in [3.05, 3.63) is 84.9 Å². The summed E-state index contributed by atoms with van der Waals surface area (Å²) < 4.78 is 11.7. The second-order valence-electron chi connectivity index (χ2n) is 5.99. The molecule has 0 aliphatic carbocycles. The van der Waals surface area contributed by atoms with Gasteiger partial charge >= 0.3 is 0 Å². The van der Waals surface area contributed by atoms with Crippen molar-refractivity contribution in [2.45, 2.75) is 5.22 Å². The zero-order valence-corrected chi connectivity index (χ0v) is 16.1. The summed E-state index contributed by atoms with van der Waals surface area (Å²) in [6.45, 7) is 0. The average molecular weight is 403 g/mol. The molecule has 0 atom stereocenters. The van der Waals surface area contributed by atoms with Crippen molar-refractivity contribution < 1.29 is 13.9 Å². The van der Waals surface area contributed by atoms with Gasteiger partial charge in [0.15, 0.2) is 0 Å². The third-order valence-corrected chi connectivity index (χ3v) is 4.70. The Morgan fingerprint density at radius 3 is 2.38 bits per heavy atom. The molecular formula is C22H17N3O3S. The number of aromatic nitrogens is 2. The van der Waals surface area contributed by atoms with Crippen LogP contribution in [0.2, 0.25) is 0 Å². The van der Waals surface area contributed by atoms with Crippen LogP contribution in [0.25, 0.3) is 11.5 Å². The second-order valence-corrected chi connectivity index (χ2v) is 6.91. The zero-order valence-electron chi connectivity index (χ0n) is 15.3. The first kappa shape index (κ1) is 18.8. The van der Waals surface area contributed by atoms with Crippen LogP contribution in [-0.4, -0.2) is 21.9 Å². The molecular weight excluding hydrogens is 386 g/mol. The molecule has 1 heterocycles. The highest BCUT2D eigenvalue weighted by Gasteiger charge is 2.15. The summed E-state index contributed by atoms with van der Waals surface area (Å²) in [5.41, 5.74) is 1.43. The van der Waals surface area contributed by atoms with E-state index in [1.807, 2.05) is 84.9 Å². The molecule has 0 bridgehead atoms. The lowest BCUT2D eigenvalue weighted by Crippen LogP contribution is -2.13. The lowest BCUT2D eigenvalue weighted by Gasteiger charge is -2.08. The summed E-state index contributed by atoms with van der Waals surface area (Å²) in [4.78, 5) is 12.1. The maximum Gasteiger partial charge on any atom is 0.277 e. The number of para-hydroxylation sites is 3. The Morgan fingerprint density at radius 2 is 1.59 bits per heavy atom. The van der Waals surface area contributed by atoms with Crippen molar-refractivity contribution in [1.82, 2.24) is 10.2 Å². The summed E-state index contributed by atoms with van der Waals surface area (Å²) in [6.07, 6.45) is 0. The summed E-state index contributed by atoms with van der Waals surface area (Å²) in [5.74, 6) is 1.68. The number of anilines is 1. The maximum atomic E-state index is 12.1. The molecule has 0 aliphatic rings. The van der Waals surface area contributed by atoms with Crippen molar-refractivity contribution in [2.75, 3.05) is 11.1 Å². The van der Waals surface area contributed by atoms with E-state index in [1.54, 1.807) is 0 Å². The first-order valence-electron chi connectivity index (χ1n) is 8.91. The normalized spacial score (nSPS) is 10.5. The molecule has 6 nitrogen and oxygen atoms in total. The van der Waals surface area contributed by atoms with E-state index in [-0.39, 0.29) is 11.7 Å². The fourth-order valence-corrected chi connectivity index (χ4v) is 3.13. The van der Waals surface area contributed by atoms with E-state index in [4.69, 9.17) is 9.15 Å². The molecule has 0 spiro atoms. The smallest absolute Gasteiger partial charge is 0.277 e. The van der Waals surface area contributed by atoms with E-state index in [0.717, 1.165) is 5.69 Å². The first-order chi connectivity index (χ1) is 14.3. The van der Waals surface area contributed by atoms with E-state index in [2.05, 4.69) is 15.5 Å². The molecule has 0 saturated heterocycles. The Hall–Kier alpha value is -3.58. The van der Waals surface area contributed by atoms with Crippen LogP contribution < -0.4 is 10.1 Å². The fourth-order valence-electron chi connectivity index (χ4n) is 2.57. The zero-order chi connectivity index (χ0) is 19.9. The molecule has 1 aromatic heterocycles. The molecule has 3 aromatic carbocycles. The second kappa shape index (κ2) is 9.07. The maximum absolute atomic E-state index is 12.1. The number of amides is 1. The number of rotatable bonds is 7. The Balaban J connectivity index is 1.42. The van der Waals surface area contributed by atoms with Gasteiger partial charge < -0.3 is 14.5 Å². The number of benzene rings is 3. The molecule has 144 valence electrons. The molecule has 1 N–H and O–H groups in total. The number of hydrogen-bond acceptors (Lipinski definition) is 6. The van der Waals surface area contributed by atoms with Crippen LogP contribution in [-0.2, 0) is 4.79 Å². The predicted octanol–water partition coefficient (Wildman–Crippen LogP) is 5.26. The lowest BCUT2D eigenvalue weighted by atomic mass is 10.2. The van der Waals surface area contributed by atoms with Gasteiger partial charge in [0.1, 0.15) is 11.5 Å². The average Bonchev–Trinajstić information content (AvgIpc) is 3.23. The Labute approximate surface area is 171 Å². The van der Waals surface area contributed by atoms with E-state index in [9.17, 15) is 4.79 Å². The monoisotopic (exact) mass is 403 g/mol. The van der Waals surface area contributed by atoms with Gasteiger partial charge in [0.05, 0.1) is 11.3 Å². The third-order valence-electron chi connectivity index (χ3n) is 3.88. The molecule has 1 amide bonds. The first-order valence-corrected chi connectivity index (χ1v) is 9.90. The predicted molar refractivity (Wildman–Crippen MR) is 112 cm³/mol. The van der Waals surface area contributed by atoms with Crippen LogP contribution >= 0.6 is 11.8 Å². The minimum absolute atomic E-state index is 0.145. The molecule has 0 radical (unpaired) electrons. The number of thioether (sulfide) groups is 1.